The average molecular weight is 344 g/mol. The van der Waals surface area contributed by atoms with Crippen molar-refractivity contribution in [2.24, 2.45) is 0 Å². The minimum absolute atomic E-state index is 0.0744. The molecular formula is C19H24N2O4. The predicted molar refractivity (Wildman–Crippen MR) is 98.2 cm³/mol. The van der Waals surface area contributed by atoms with Crippen molar-refractivity contribution < 1.29 is 19.0 Å². The fourth-order valence-electron chi connectivity index (χ4n) is 2.36. The first kappa shape index (κ1) is 18.4. The number of ether oxygens (including phenoxy) is 3. The minimum Gasteiger partial charge on any atom is -0.493 e. The number of amides is 1. The van der Waals surface area contributed by atoms with Gasteiger partial charge in [-0.25, -0.2) is 0 Å². The van der Waals surface area contributed by atoms with E-state index in [0.29, 0.717) is 23.7 Å². The number of nitrogens with one attached hydrogen (secondary N) is 1. The normalized spacial score (nSPS) is 10.1. The lowest BCUT2D eigenvalue weighted by Crippen LogP contribution is -2.23. The van der Waals surface area contributed by atoms with Crippen molar-refractivity contribution in [2.75, 3.05) is 40.7 Å². The zero-order valence-electron chi connectivity index (χ0n) is 15.3. The van der Waals surface area contributed by atoms with E-state index in [0.717, 1.165) is 16.9 Å². The van der Waals surface area contributed by atoms with Crippen LogP contribution in [0.2, 0.25) is 0 Å². The summed E-state index contributed by atoms with van der Waals surface area (Å²) in [5, 5.41) is 3.30. The number of anilines is 2. The molecule has 0 aliphatic heterocycles. The SMILES string of the molecule is COc1cc(Nc2ccc(CC(=O)N(C)C)cc2)cc(OC)c1OC. The van der Waals surface area contributed by atoms with Gasteiger partial charge in [0.15, 0.2) is 11.5 Å². The summed E-state index contributed by atoms with van der Waals surface area (Å²) in [6.07, 6.45) is 0.386. The van der Waals surface area contributed by atoms with Gasteiger partial charge in [-0.1, -0.05) is 12.1 Å². The molecule has 6 heteroatoms. The Morgan fingerprint density at radius 2 is 1.48 bits per heavy atom. The summed E-state index contributed by atoms with van der Waals surface area (Å²) >= 11 is 0. The van der Waals surface area contributed by atoms with Gasteiger partial charge in [-0.15, -0.1) is 0 Å². The topological polar surface area (TPSA) is 60.0 Å². The van der Waals surface area contributed by atoms with Crippen LogP contribution in [0, 0.1) is 0 Å². The summed E-state index contributed by atoms with van der Waals surface area (Å²) in [6, 6.07) is 11.4. The number of nitrogens with zero attached hydrogens (tertiary/aromatic N) is 1. The number of carbonyl (C=O) groups is 1. The van der Waals surface area contributed by atoms with E-state index in [-0.39, 0.29) is 5.91 Å². The van der Waals surface area contributed by atoms with E-state index in [1.807, 2.05) is 36.4 Å². The molecule has 0 atom stereocenters. The van der Waals surface area contributed by atoms with Crippen LogP contribution in [0.25, 0.3) is 0 Å². The van der Waals surface area contributed by atoms with Gasteiger partial charge in [0, 0.05) is 37.6 Å². The van der Waals surface area contributed by atoms with Gasteiger partial charge in [0.25, 0.3) is 0 Å². The van der Waals surface area contributed by atoms with Gasteiger partial charge in [0.2, 0.25) is 11.7 Å². The van der Waals surface area contributed by atoms with E-state index < -0.39 is 0 Å². The van der Waals surface area contributed by atoms with Gasteiger partial charge in [-0.2, -0.15) is 0 Å². The highest BCUT2D eigenvalue weighted by molar-refractivity contribution is 5.78. The van der Waals surface area contributed by atoms with Crippen LogP contribution in [0.3, 0.4) is 0 Å². The van der Waals surface area contributed by atoms with Crippen LogP contribution < -0.4 is 19.5 Å². The Balaban J connectivity index is 2.18. The van der Waals surface area contributed by atoms with Crippen molar-refractivity contribution in [1.82, 2.24) is 4.90 Å². The maximum absolute atomic E-state index is 11.8. The molecule has 0 unspecified atom stereocenters. The first-order valence-electron chi connectivity index (χ1n) is 7.84. The predicted octanol–water partition coefficient (Wildman–Crippen LogP) is 3.09. The fourth-order valence-corrected chi connectivity index (χ4v) is 2.36. The van der Waals surface area contributed by atoms with Gasteiger partial charge in [0.05, 0.1) is 27.8 Å². The number of benzene rings is 2. The summed E-state index contributed by atoms with van der Waals surface area (Å²) in [4.78, 5) is 13.3. The molecule has 0 saturated heterocycles. The lowest BCUT2D eigenvalue weighted by molar-refractivity contribution is -0.127. The Morgan fingerprint density at radius 3 is 1.92 bits per heavy atom. The van der Waals surface area contributed by atoms with Crippen molar-refractivity contribution in [1.29, 1.82) is 0 Å². The third kappa shape index (κ3) is 4.56. The van der Waals surface area contributed by atoms with E-state index in [9.17, 15) is 4.79 Å². The smallest absolute Gasteiger partial charge is 0.226 e. The summed E-state index contributed by atoms with van der Waals surface area (Å²) < 4.78 is 16.0. The largest absolute Gasteiger partial charge is 0.493 e. The molecule has 134 valence electrons. The number of hydrogen-bond donors (Lipinski definition) is 1. The van der Waals surface area contributed by atoms with Crippen molar-refractivity contribution in [3.8, 4) is 17.2 Å². The van der Waals surface area contributed by atoms with Gasteiger partial charge in [-0.05, 0) is 17.7 Å². The molecule has 0 aliphatic rings. The maximum Gasteiger partial charge on any atom is 0.226 e. The molecule has 0 radical (unpaired) electrons. The number of rotatable bonds is 7. The van der Waals surface area contributed by atoms with E-state index in [4.69, 9.17) is 14.2 Å². The molecular weight excluding hydrogens is 320 g/mol. The van der Waals surface area contributed by atoms with Crippen LogP contribution in [0.4, 0.5) is 11.4 Å². The molecule has 0 spiro atoms. The Bertz CT molecular complexity index is 702. The van der Waals surface area contributed by atoms with Crippen molar-refractivity contribution in [3.05, 3.63) is 42.0 Å². The third-order valence-electron chi connectivity index (χ3n) is 3.76. The van der Waals surface area contributed by atoms with E-state index in [1.165, 1.54) is 0 Å². The second kappa shape index (κ2) is 8.28. The van der Waals surface area contributed by atoms with Crippen LogP contribution in [0.5, 0.6) is 17.2 Å². The first-order valence-corrected chi connectivity index (χ1v) is 7.84. The number of hydrogen-bond acceptors (Lipinski definition) is 5. The Labute approximate surface area is 148 Å². The standard InChI is InChI=1S/C19H24N2O4/c1-21(2)18(22)10-13-6-8-14(9-7-13)20-15-11-16(23-3)19(25-5)17(12-15)24-4/h6-9,11-12,20H,10H2,1-5H3. The molecule has 2 rings (SSSR count). The molecule has 0 saturated carbocycles. The summed E-state index contributed by atoms with van der Waals surface area (Å²) in [5.41, 5.74) is 2.68. The lowest BCUT2D eigenvalue weighted by atomic mass is 10.1. The van der Waals surface area contributed by atoms with Gasteiger partial charge in [0.1, 0.15) is 0 Å². The summed E-state index contributed by atoms with van der Waals surface area (Å²) in [5.74, 6) is 1.79. The molecule has 2 aromatic rings. The molecule has 1 amide bonds. The highest BCUT2D eigenvalue weighted by atomic mass is 16.5. The first-order chi connectivity index (χ1) is 12.0. The number of carbonyl (C=O) groups excluding carboxylic acids is 1. The molecule has 0 aromatic heterocycles. The Hall–Kier alpha value is -2.89. The molecule has 0 fully saturated rings. The van der Waals surface area contributed by atoms with Gasteiger partial charge in [-0.3, -0.25) is 4.79 Å². The number of likely N-dealkylation sites (N-methyl/N-ethyl adjacent to an activating group) is 1. The van der Waals surface area contributed by atoms with Crippen LogP contribution in [-0.2, 0) is 11.2 Å². The van der Waals surface area contributed by atoms with Gasteiger partial charge >= 0.3 is 0 Å². The van der Waals surface area contributed by atoms with Crippen molar-refractivity contribution >= 4 is 17.3 Å². The van der Waals surface area contributed by atoms with E-state index >= 15 is 0 Å². The summed E-state index contributed by atoms with van der Waals surface area (Å²) in [7, 11) is 8.24. The Morgan fingerprint density at radius 1 is 0.920 bits per heavy atom. The Kier molecular flexibility index (Phi) is 6.11. The second-order valence-corrected chi connectivity index (χ2v) is 5.70. The molecule has 25 heavy (non-hydrogen) atoms. The molecule has 0 bridgehead atoms. The molecule has 6 nitrogen and oxygen atoms in total. The van der Waals surface area contributed by atoms with Crippen LogP contribution in [-0.4, -0.2) is 46.2 Å². The molecule has 0 aliphatic carbocycles. The van der Waals surface area contributed by atoms with Gasteiger partial charge < -0.3 is 24.4 Å². The third-order valence-corrected chi connectivity index (χ3v) is 3.76. The van der Waals surface area contributed by atoms with Crippen LogP contribution in [0.15, 0.2) is 36.4 Å². The highest BCUT2D eigenvalue weighted by Gasteiger charge is 2.13. The van der Waals surface area contributed by atoms with E-state index in [1.54, 1.807) is 40.3 Å². The van der Waals surface area contributed by atoms with Crippen LogP contribution in [0.1, 0.15) is 5.56 Å². The van der Waals surface area contributed by atoms with Crippen LogP contribution >= 0.6 is 0 Å². The summed E-state index contributed by atoms with van der Waals surface area (Å²) in [6.45, 7) is 0. The van der Waals surface area contributed by atoms with E-state index in [2.05, 4.69) is 5.32 Å². The zero-order chi connectivity index (χ0) is 18.4. The average Bonchev–Trinajstić information content (AvgIpc) is 2.62. The quantitative estimate of drug-likeness (QED) is 0.836. The fraction of sp³-hybridized carbons (Fsp3) is 0.316. The molecule has 2 aromatic carbocycles. The van der Waals surface area contributed by atoms with Crippen molar-refractivity contribution in [2.45, 2.75) is 6.42 Å². The monoisotopic (exact) mass is 344 g/mol. The maximum atomic E-state index is 11.8. The number of methoxy groups -OCH3 is 3. The second-order valence-electron chi connectivity index (χ2n) is 5.70. The zero-order valence-corrected chi connectivity index (χ0v) is 15.3. The highest BCUT2D eigenvalue weighted by Crippen LogP contribution is 2.40. The lowest BCUT2D eigenvalue weighted by Gasteiger charge is -2.15. The molecule has 1 N–H and O–H groups in total. The van der Waals surface area contributed by atoms with Crippen molar-refractivity contribution in [3.63, 3.8) is 0 Å². The molecule has 0 heterocycles. The minimum atomic E-state index is 0.0744.